The van der Waals surface area contributed by atoms with Crippen molar-refractivity contribution < 1.29 is 27.9 Å². The van der Waals surface area contributed by atoms with Crippen LogP contribution in [0.5, 0.6) is 5.75 Å². The number of carbonyl (C=O) groups excluding carboxylic acids is 3. The average Bonchev–Trinajstić information content (AvgIpc) is 3.61. The predicted octanol–water partition coefficient (Wildman–Crippen LogP) is 4.80. The number of amides is 4. The number of halogens is 1. The number of aryl methyl sites for hydroxylation is 1. The van der Waals surface area contributed by atoms with Gasteiger partial charge in [0.2, 0.25) is 0 Å². The van der Waals surface area contributed by atoms with E-state index in [0.29, 0.717) is 18.7 Å². The van der Waals surface area contributed by atoms with Gasteiger partial charge in [-0.1, -0.05) is 26.8 Å². The number of urea groups is 1. The van der Waals surface area contributed by atoms with Gasteiger partial charge >= 0.3 is 6.03 Å². The summed E-state index contributed by atoms with van der Waals surface area (Å²) in [5.74, 6) is 1.09. The van der Waals surface area contributed by atoms with Gasteiger partial charge in [-0.25, -0.2) is 14.2 Å². The van der Waals surface area contributed by atoms with Gasteiger partial charge in [-0.05, 0) is 37.6 Å². The summed E-state index contributed by atoms with van der Waals surface area (Å²) in [5.41, 5.74) is 1.61. The molecular weight excluding hydrogens is 567 g/mol. The molecule has 0 aliphatic carbocycles. The van der Waals surface area contributed by atoms with E-state index in [4.69, 9.17) is 14.1 Å². The number of nitrogens with one attached hydrogen (secondary N) is 2. The molecule has 1 atom stereocenters. The molecule has 0 bridgehead atoms. The number of rotatable bonds is 7. The smallest absolute Gasteiger partial charge is 0.322 e. The number of amidine groups is 1. The number of imide groups is 1. The van der Waals surface area contributed by atoms with E-state index >= 15 is 0 Å². The average molecular weight is 613 g/mol. The highest BCUT2D eigenvalue weighted by atomic mass is 19.1. The molecule has 1 unspecified atom stereocenters. The number of furan rings is 1. The zero-order valence-corrected chi connectivity index (χ0v) is 26.5. The van der Waals surface area contributed by atoms with E-state index in [0.717, 1.165) is 68.4 Å². The Kier molecular flexibility index (Phi) is 12.5. The maximum Gasteiger partial charge on any atom is 0.322 e. The molecule has 240 valence electrons. The molecule has 2 aromatic rings. The molecule has 0 saturated carbocycles. The van der Waals surface area contributed by atoms with Gasteiger partial charge in [-0.3, -0.25) is 14.9 Å². The number of fused-ring (bicyclic) bond motifs is 1. The van der Waals surface area contributed by atoms with Gasteiger partial charge in [-0.15, -0.1) is 13.2 Å². The van der Waals surface area contributed by atoms with Crippen LogP contribution in [0.1, 0.15) is 73.5 Å². The predicted molar refractivity (Wildman–Crippen MR) is 168 cm³/mol. The van der Waals surface area contributed by atoms with Crippen LogP contribution in [0.4, 0.5) is 14.9 Å². The fourth-order valence-electron chi connectivity index (χ4n) is 5.46. The molecule has 3 aliphatic rings. The van der Waals surface area contributed by atoms with Gasteiger partial charge in [-0.2, -0.15) is 0 Å². The highest BCUT2D eigenvalue weighted by Crippen LogP contribution is 2.31. The van der Waals surface area contributed by atoms with Crippen molar-refractivity contribution in [1.29, 1.82) is 0 Å². The topological polar surface area (TPSA) is 120 Å². The lowest BCUT2D eigenvalue weighted by Gasteiger charge is -2.24. The lowest BCUT2D eigenvalue weighted by atomic mass is 10.1. The van der Waals surface area contributed by atoms with Crippen LogP contribution in [0.3, 0.4) is 0 Å². The molecule has 2 saturated heterocycles. The fourth-order valence-corrected chi connectivity index (χ4v) is 5.46. The van der Waals surface area contributed by atoms with Crippen LogP contribution < -0.4 is 15.4 Å². The maximum atomic E-state index is 13.6. The van der Waals surface area contributed by atoms with Crippen molar-refractivity contribution in [2.24, 2.45) is 4.99 Å². The summed E-state index contributed by atoms with van der Waals surface area (Å²) in [6, 6.07) is 3.77. The van der Waals surface area contributed by atoms with Crippen molar-refractivity contribution in [2.75, 3.05) is 46.9 Å². The number of ether oxygens (including phenoxy) is 1. The highest BCUT2D eigenvalue weighted by Gasteiger charge is 2.34. The number of methoxy groups -OCH3 is 1. The Bertz CT molecular complexity index is 1360. The Morgan fingerprint density at radius 1 is 1.14 bits per heavy atom. The van der Waals surface area contributed by atoms with Crippen molar-refractivity contribution >= 4 is 29.4 Å². The van der Waals surface area contributed by atoms with Crippen LogP contribution >= 0.6 is 0 Å². The molecule has 11 nitrogen and oxygen atoms in total. The molecule has 12 heteroatoms. The van der Waals surface area contributed by atoms with E-state index in [1.54, 1.807) is 25.2 Å². The number of hydrogen-bond acceptors (Lipinski definition) is 7. The van der Waals surface area contributed by atoms with E-state index in [2.05, 4.69) is 47.4 Å². The molecule has 4 heterocycles. The Morgan fingerprint density at radius 3 is 2.50 bits per heavy atom. The minimum absolute atomic E-state index is 0.118. The second-order valence-corrected chi connectivity index (χ2v) is 10.5. The molecule has 3 aliphatic heterocycles. The molecule has 0 spiro atoms. The minimum Gasteiger partial charge on any atom is -0.494 e. The molecule has 44 heavy (non-hydrogen) atoms. The molecule has 5 rings (SSSR count). The van der Waals surface area contributed by atoms with E-state index in [1.165, 1.54) is 18.4 Å². The van der Waals surface area contributed by atoms with Crippen LogP contribution in [0, 0.1) is 5.82 Å². The van der Waals surface area contributed by atoms with Gasteiger partial charge in [0.15, 0.2) is 17.6 Å². The third-order valence-corrected chi connectivity index (χ3v) is 7.63. The minimum atomic E-state index is -0.785. The molecule has 1 aromatic heterocycles. The van der Waals surface area contributed by atoms with E-state index in [-0.39, 0.29) is 17.2 Å². The molecule has 2 fully saturated rings. The third-order valence-electron chi connectivity index (χ3n) is 7.63. The van der Waals surface area contributed by atoms with Crippen LogP contribution in [0.25, 0.3) is 0 Å². The van der Waals surface area contributed by atoms with Crippen molar-refractivity contribution in [3.05, 3.63) is 59.8 Å². The van der Waals surface area contributed by atoms with Crippen LogP contribution in [-0.4, -0.2) is 85.3 Å². The largest absolute Gasteiger partial charge is 0.494 e. The summed E-state index contributed by atoms with van der Waals surface area (Å²) >= 11 is 0. The van der Waals surface area contributed by atoms with Crippen molar-refractivity contribution in [1.82, 2.24) is 25.3 Å². The summed E-state index contributed by atoms with van der Waals surface area (Å²) in [6.07, 6.45) is 3.81. The second kappa shape index (κ2) is 16.0. The first kappa shape index (κ1) is 34.3. The Hall–Kier alpha value is -4.19. The number of benzene rings is 1. The lowest BCUT2D eigenvalue weighted by Crippen LogP contribution is -2.35. The Morgan fingerprint density at radius 2 is 1.89 bits per heavy atom. The monoisotopic (exact) mass is 612 g/mol. The summed E-state index contributed by atoms with van der Waals surface area (Å²) in [5, 5.41) is 4.82. The van der Waals surface area contributed by atoms with Crippen LogP contribution in [0.15, 0.2) is 40.8 Å². The van der Waals surface area contributed by atoms with Crippen LogP contribution in [0.2, 0.25) is 0 Å². The first-order valence-electron chi connectivity index (χ1n) is 15.1. The molecular formula is C32H45FN6O5. The standard InChI is InChI=1S/C20H31N5O3.C10H10FNO2.C2H4/c1-4-8-24-9-7-10-25(12-11-24)17(6-3)21-14-13-16(28-15(14)5-2)18-19(26)23-20(27)22-18;1-12-5-6-3-4-7(14-2)9(11)8(6)10(12)13;1-2/h13,18H,4-12H2,1-3H3,(H2,22,23,26,27);3-4H,5H2,1-2H3;1-2H2. The Balaban J connectivity index is 0.000000276. The Labute approximate surface area is 259 Å². The zero-order valence-electron chi connectivity index (χ0n) is 26.5. The number of aliphatic imine (C=N–C) groups is 1. The third kappa shape index (κ3) is 7.85. The van der Waals surface area contributed by atoms with Gasteiger partial charge < -0.3 is 29.2 Å². The van der Waals surface area contributed by atoms with E-state index in [9.17, 15) is 18.8 Å². The lowest BCUT2D eigenvalue weighted by molar-refractivity contribution is -0.120. The zero-order chi connectivity index (χ0) is 32.4. The summed E-state index contributed by atoms with van der Waals surface area (Å²) in [6.45, 7) is 18.1. The van der Waals surface area contributed by atoms with Gasteiger partial charge in [0, 0.05) is 52.1 Å². The van der Waals surface area contributed by atoms with Gasteiger partial charge in [0.1, 0.15) is 23.0 Å². The molecule has 0 radical (unpaired) electrons. The fraction of sp³-hybridized carbons (Fsp3) is 0.500. The van der Waals surface area contributed by atoms with Crippen molar-refractivity contribution in [3.63, 3.8) is 0 Å². The molecule has 4 amide bonds. The SMILES string of the molecule is C=C.CCCN1CCCN(C(CC)=Nc2cc(C3NC(=O)NC3=O)oc2CC)CC1.COc1ccc2c(c1F)C(=O)N(C)C2. The number of nitrogens with zero attached hydrogens (tertiary/aromatic N) is 4. The number of carbonyl (C=O) groups is 3. The summed E-state index contributed by atoms with van der Waals surface area (Å²) in [7, 11) is 3.03. The second-order valence-electron chi connectivity index (χ2n) is 10.5. The highest BCUT2D eigenvalue weighted by molar-refractivity contribution is 6.04. The van der Waals surface area contributed by atoms with Gasteiger partial charge in [0.05, 0.1) is 12.7 Å². The van der Waals surface area contributed by atoms with Gasteiger partial charge in [0.25, 0.3) is 11.8 Å². The summed E-state index contributed by atoms with van der Waals surface area (Å²) in [4.78, 5) is 46.1. The quantitative estimate of drug-likeness (QED) is 0.200. The molecule has 2 N–H and O–H groups in total. The first-order chi connectivity index (χ1) is 21.2. The van der Waals surface area contributed by atoms with Crippen molar-refractivity contribution in [2.45, 2.75) is 59.0 Å². The summed E-state index contributed by atoms with van der Waals surface area (Å²) < 4.78 is 24.3. The van der Waals surface area contributed by atoms with E-state index < -0.39 is 23.8 Å². The van der Waals surface area contributed by atoms with E-state index in [1.807, 2.05) is 6.92 Å². The molecule has 1 aromatic carbocycles. The first-order valence-corrected chi connectivity index (χ1v) is 15.1. The maximum absolute atomic E-state index is 13.6. The normalized spacial score (nSPS) is 18.5. The number of hydrogen-bond donors (Lipinski definition) is 2. The van der Waals surface area contributed by atoms with Crippen LogP contribution in [-0.2, 0) is 17.8 Å². The van der Waals surface area contributed by atoms with Crippen molar-refractivity contribution in [3.8, 4) is 5.75 Å².